The van der Waals surface area contributed by atoms with Gasteiger partial charge in [0.15, 0.2) is 0 Å². The second kappa shape index (κ2) is 3.96. The average Bonchev–Trinajstić information content (AvgIpc) is 2.56. The fraction of sp³-hybridized carbons (Fsp3) is 0.778. The highest BCUT2D eigenvalue weighted by Crippen LogP contribution is 2.25. The Bertz CT molecular complexity index is 299. The molecule has 0 bridgehead atoms. The molecule has 0 radical (unpaired) electrons. The maximum absolute atomic E-state index is 9.74. The van der Waals surface area contributed by atoms with Gasteiger partial charge in [0.25, 0.3) is 0 Å². The first-order valence-corrected chi connectivity index (χ1v) is 5.08. The molecule has 2 rings (SSSR count). The summed E-state index contributed by atoms with van der Waals surface area (Å²) in [6, 6.07) is 0. The summed E-state index contributed by atoms with van der Waals surface area (Å²) in [5.74, 6) is 0.611. The Morgan fingerprint density at radius 3 is 2.93 bits per heavy atom. The summed E-state index contributed by atoms with van der Waals surface area (Å²) in [7, 11) is 0. The van der Waals surface area contributed by atoms with Crippen molar-refractivity contribution < 1.29 is 5.11 Å². The van der Waals surface area contributed by atoms with Gasteiger partial charge in [-0.2, -0.15) is 0 Å². The molecule has 0 spiro atoms. The van der Waals surface area contributed by atoms with Crippen LogP contribution in [0.5, 0.6) is 0 Å². The van der Waals surface area contributed by atoms with E-state index in [0.717, 1.165) is 25.8 Å². The number of nitrogens with zero attached hydrogens (tertiary/aromatic N) is 3. The second-order valence-electron chi connectivity index (χ2n) is 3.94. The van der Waals surface area contributed by atoms with Crippen LogP contribution in [0.4, 0.5) is 5.95 Å². The molecule has 1 heterocycles. The molecule has 0 amide bonds. The number of aromatic nitrogens is 3. The number of anilines is 1. The Labute approximate surface area is 82.9 Å². The van der Waals surface area contributed by atoms with Crippen molar-refractivity contribution in [2.75, 3.05) is 5.73 Å². The molecule has 1 aromatic heterocycles. The molecule has 2 atom stereocenters. The Balaban J connectivity index is 1.95. The minimum atomic E-state index is -0.186. The van der Waals surface area contributed by atoms with Crippen LogP contribution in [-0.4, -0.2) is 26.0 Å². The Morgan fingerprint density at radius 2 is 2.29 bits per heavy atom. The summed E-state index contributed by atoms with van der Waals surface area (Å²) in [5.41, 5.74) is 5.41. The third kappa shape index (κ3) is 2.04. The molecule has 1 aromatic rings. The summed E-state index contributed by atoms with van der Waals surface area (Å²) in [4.78, 5) is 3.86. The van der Waals surface area contributed by atoms with Crippen molar-refractivity contribution in [1.29, 1.82) is 0 Å². The van der Waals surface area contributed by atoms with E-state index in [1.165, 1.54) is 6.42 Å². The molecule has 3 N–H and O–H groups in total. The van der Waals surface area contributed by atoms with Crippen LogP contribution in [0.15, 0.2) is 6.33 Å². The van der Waals surface area contributed by atoms with Crippen molar-refractivity contribution in [3.8, 4) is 0 Å². The van der Waals surface area contributed by atoms with E-state index in [4.69, 9.17) is 5.73 Å². The molecule has 5 nitrogen and oxygen atoms in total. The van der Waals surface area contributed by atoms with Crippen LogP contribution in [0.1, 0.15) is 25.7 Å². The highest BCUT2D eigenvalue weighted by Gasteiger charge is 2.23. The Hall–Kier alpha value is -1.10. The first-order valence-electron chi connectivity index (χ1n) is 5.08. The molecule has 1 saturated carbocycles. The highest BCUT2D eigenvalue weighted by atomic mass is 16.3. The van der Waals surface area contributed by atoms with Gasteiger partial charge in [-0.1, -0.05) is 12.8 Å². The molecular formula is C9H16N4O. The van der Waals surface area contributed by atoms with Gasteiger partial charge < -0.3 is 10.8 Å². The minimum Gasteiger partial charge on any atom is -0.393 e. The first kappa shape index (κ1) is 9.45. The normalized spacial score (nSPS) is 27.8. The summed E-state index contributed by atoms with van der Waals surface area (Å²) >= 11 is 0. The van der Waals surface area contributed by atoms with Crippen molar-refractivity contribution in [3.63, 3.8) is 0 Å². The predicted molar refractivity (Wildman–Crippen MR) is 52.4 cm³/mol. The zero-order valence-electron chi connectivity index (χ0n) is 8.13. The molecule has 1 aliphatic rings. The predicted octanol–water partition coefficient (Wildman–Crippen LogP) is 0.411. The summed E-state index contributed by atoms with van der Waals surface area (Å²) in [6.07, 6.45) is 5.75. The number of aliphatic hydroxyl groups excluding tert-OH is 1. The van der Waals surface area contributed by atoms with Crippen molar-refractivity contribution in [2.45, 2.75) is 38.3 Å². The van der Waals surface area contributed by atoms with Gasteiger partial charge in [0, 0.05) is 12.5 Å². The number of rotatable bonds is 2. The van der Waals surface area contributed by atoms with Gasteiger partial charge in [-0.25, -0.2) is 4.98 Å². The molecule has 0 aliphatic heterocycles. The van der Waals surface area contributed by atoms with Crippen molar-refractivity contribution >= 4 is 5.95 Å². The summed E-state index contributed by atoms with van der Waals surface area (Å²) in [5, 5.41) is 13.8. The second-order valence-corrected chi connectivity index (χ2v) is 3.94. The van der Waals surface area contributed by atoms with Crippen molar-refractivity contribution in [3.05, 3.63) is 6.33 Å². The van der Waals surface area contributed by atoms with E-state index >= 15 is 0 Å². The van der Waals surface area contributed by atoms with E-state index in [-0.39, 0.29) is 6.10 Å². The maximum atomic E-state index is 9.74. The quantitative estimate of drug-likeness (QED) is 0.718. The lowest BCUT2D eigenvalue weighted by molar-refractivity contribution is 0.0587. The summed E-state index contributed by atoms with van der Waals surface area (Å²) < 4.78 is 1.72. The van der Waals surface area contributed by atoms with Crippen LogP contribution in [0, 0.1) is 5.92 Å². The van der Waals surface area contributed by atoms with Crippen LogP contribution >= 0.6 is 0 Å². The fourth-order valence-corrected chi connectivity index (χ4v) is 2.04. The van der Waals surface area contributed by atoms with E-state index in [1.807, 2.05) is 0 Å². The topological polar surface area (TPSA) is 77.0 Å². The number of hydrogen-bond donors (Lipinski definition) is 2. The fourth-order valence-electron chi connectivity index (χ4n) is 2.04. The molecule has 14 heavy (non-hydrogen) atoms. The van der Waals surface area contributed by atoms with Gasteiger partial charge in [0.2, 0.25) is 5.95 Å². The Morgan fingerprint density at radius 1 is 1.50 bits per heavy atom. The van der Waals surface area contributed by atoms with E-state index in [0.29, 0.717) is 11.9 Å². The highest BCUT2D eigenvalue weighted by molar-refractivity contribution is 5.09. The Kier molecular flexibility index (Phi) is 2.67. The van der Waals surface area contributed by atoms with E-state index < -0.39 is 0 Å². The molecule has 0 saturated heterocycles. The molecule has 2 unspecified atom stereocenters. The minimum absolute atomic E-state index is 0.186. The standard InChI is InChI=1S/C9H16N4O/c10-9-11-6-13(12-9)5-7-3-1-2-4-8(7)14/h6-8,14H,1-5H2,(H2,10,12). The lowest BCUT2D eigenvalue weighted by Crippen LogP contribution is -2.28. The van der Waals surface area contributed by atoms with Gasteiger partial charge in [0.1, 0.15) is 6.33 Å². The van der Waals surface area contributed by atoms with Gasteiger partial charge in [-0.05, 0) is 12.8 Å². The van der Waals surface area contributed by atoms with Crippen LogP contribution < -0.4 is 5.73 Å². The average molecular weight is 196 g/mol. The number of aliphatic hydroxyl groups is 1. The number of nitrogens with two attached hydrogens (primary N) is 1. The third-order valence-electron chi connectivity index (χ3n) is 2.84. The molecular weight excluding hydrogens is 180 g/mol. The molecule has 1 fully saturated rings. The lowest BCUT2D eigenvalue weighted by Gasteiger charge is -2.27. The zero-order chi connectivity index (χ0) is 9.97. The van der Waals surface area contributed by atoms with Crippen LogP contribution in [0.2, 0.25) is 0 Å². The maximum Gasteiger partial charge on any atom is 0.239 e. The van der Waals surface area contributed by atoms with Crippen LogP contribution in [-0.2, 0) is 6.54 Å². The van der Waals surface area contributed by atoms with E-state index in [9.17, 15) is 5.11 Å². The molecule has 0 aromatic carbocycles. The van der Waals surface area contributed by atoms with Gasteiger partial charge in [-0.15, -0.1) is 5.10 Å². The van der Waals surface area contributed by atoms with Crippen molar-refractivity contribution in [1.82, 2.24) is 14.8 Å². The van der Waals surface area contributed by atoms with Crippen LogP contribution in [0.3, 0.4) is 0 Å². The van der Waals surface area contributed by atoms with Crippen LogP contribution in [0.25, 0.3) is 0 Å². The van der Waals surface area contributed by atoms with E-state index in [1.54, 1.807) is 11.0 Å². The molecule has 1 aliphatic carbocycles. The largest absolute Gasteiger partial charge is 0.393 e. The molecule has 5 heteroatoms. The van der Waals surface area contributed by atoms with Gasteiger partial charge in [0.05, 0.1) is 6.10 Å². The third-order valence-corrected chi connectivity index (χ3v) is 2.84. The zero-order valence-corrected chi connectivity index (χ0v) is 8.13. The SMILES string of the molecule is Nc1ncn(CC2CCCCC2O)n1. The smallest absolute Gasteiger partial charge is 0.239 e. The lowest BCUT2D eigenvalue weighted by atomic mass is 9.86. The van der Waals surface area contributed by atoms with E-state index in [2.05, 4.69) is 10.1 Å². The van der Waals surface area contributed by atoms with Gasteiger partial charge in [-0.3, -0.25) is 4.68 Å². The molecule has 78 valence electrons. The number of nitrogen functional groups attached to an aromatic ring is 1. The monoisotopic (exact) mass is 196 g/mol. The van der Waals surface area contributed by atoms with Crippen molar-refractivity contribution in [2.24, 2.45) is 5.92 Å². The first-order chi connectivity index (χ1) is 6.75. The number of hydrogen-bond acceptors (Lipinski definition) is 4. The van der Waals surface area contributed by atoms with Gasteiger partial charge >= 0.3 is 0 Å². The summed E-state index contributed by atoms with van der Waals surface area (Å²) in [6.45, 7) is 0.728.